The molecule has 0 saturated heterocycles. The van der Waals surface area contributed by atoms with Crippen LogP contribution < -0.4 is 15.3 Å². The number of fused-ring (bicyclic) bond motifs is 1. The molecule has 0 bridgehead atoms. The van der Waals surface area contributed by atoms with Crippen molar-refractivity contribution >= 4 is 47.2 Å². The van der Waals surface area contributed by atoms with Crippen LogP contribution in [-0.4, -0.2) is 50.2 Å². The summed E-state index contributed by atoms with van der Waals surface area (Å²) in [4.78, 5) is 14.9. The highest BCUT2D eigenvalue weighted by Gasteiger charge is 2.48. The number of hydrogen-bond donors (Lipinski definition) is 4. The average molecular weight is 495 g/mol. The summed E-state index contributed by atoms with van der Waals surface area (Å²) in [5.41, 5.74) is 0.0117. The van der Waals surface area contributed by atoms with Gasteiger partial charge in [-0.2, -0.15) is 4.76 Å². The third-order valence-electron chi connectivity index (χ3n) is 5.32. The van der Waals surface area contributed by atoms with Gasteiger partial charge in [0.2, 0.25) is 0 Å². The number of aliphatic hydroxyl groups is 1. The third kappa shape index (κ3) is 4.84. The van der Waals surface area contributed by atoms with E-state index in [0.29, 0.717) is 25.1 Å². The maximum atomic E-state index is 13.5. The second-order valence-corrected chi connectivity index (χ2v) is 11.5. The lowest BCUT2D eigenvalue weighted by molar-refractivity contribution is -0.128. The lowest BCUT2D eigenvalue weighted by Crippen LogP contribution is -2.44. The Hall–Kier alpha value is -2.64. The maximum absolute atomic E-state index is 13.5. The van der Waals surface area contributed by atoms with Gasteiger partial charge in [0.15, 0.2) is 5.84 Å². The minimum Gasteiger partial charge on any atom is -0.509 e. The molecule has 0 saturated carbocycles. The molecule has 0 spiro atoms. The fourth-order valence-electron chi connectivity index (χ4n) is 3.96. The summed E-state index contributed by atoms with van der Waals surface area (Å²) >= 11 is -2.32. The van der Waals surface area contributed by atoms with Crippen molar-refractivity contribution in [2.24, 2.45) is 10.2 Å². The molecule has 3 rings (SSSR count). The van der Waals surface area contributed by atoms with Gasteiger partial charge in [0, 0.05) is 25.8 Å². The number of aliphatic hydroxyl groups excluding tert-OH is 1. The number of rotatable bonds is 7. The van der Waals surface area contributed by atoms with Crippen LogP contribution in [0.5, 0.6) is 0 Å². The highest BCUT2D eigenvalue weighted by Crippen LogP contribution is 2.52. The van der Waals surface area contributed by atoms with Crippen LogP contribution in [0.25, 0.3) is 0 Å². The Balaban J connectivity index is 2.07. The second kappa shape index (κ2) is 9.31. The van der Waals surface area contributed by atoms with Crippen LogP contribution in [0.15, 0.2) is 34.3 Å². The Kier molecular flexibility index (Phi) is 7.05. The predicted molar refractivity (Wildman–Crippen MR) is 129 cm³/mol. The van der Waals surface area contributed by atoms with Gasteiger partial charge in [0.25, 0.3) is 17.2 Å². The molecule has 12 heteroatoms. The number of carbonyl (C=O) groups excluding carboxylic acids is 1. The lowest BCUT2D eigenvalue weighted by Gasteiger charge is -2.35. The monoisotopic (exact) mass is 494 g/mol. The van der Waals surface area contributed by atoms with Crippen LogP contribution in [0.1, 0.15) is 33.6 Å². The van der Waals surface area contributed by atoms with E-state index in [1.54, 1.807) is 4.90 Å². The Labute approximate surface area is 195 Å². The van der Waals surface area contributed by atoms with Gasteiger partial charge in [-0.1, -0.05) is 20.8 Å². The molecule has 3 atom stereocenters. The number of unbranched alkanes of at least 4 members (excludes halogenated alkanes) is 1. The van der Waals surface area contributed by atoms with Crippen LogP contribution in [0, 0.1) is 17.8 Å². The van der Waals surface area contributed by atoms with E-state index in [-0.39, 0.29) is 28.2 Å². The number of amides is 1. The van der Waals surface area contributed by atoms with Crippen LogP contribution in [0.2, 0.25) is 0 Å². The van der Waals surface area contributed by atoms with E-state index in [2.05, 4.69) is 20.7 Å². The number of hydrogen-bond acceptors (Lipinski definition) is 6. The zero-order valence-corrected chi connectivity index (χ0v) is 20.5. The van der Waals surface area contributed by atoms with Crippen molar-refractivity contribution in [2.75, 3.05) is 23.7 Å². The zero-order valence-electron chi connectivity index (χ0n) is 18.8. The summed E-state index contributed by atoms with van der Waals surface area (Å²) < 4.78 is 45.4. The molecule has 4 N–H and O–H groups in total. The largest absolute Gasteiger partial charge is 0.509 e. The molecule has 2 aliphatic rings. The van der Waals surface area contributed by atoms with E-state index in [4.69, 9.17) is 15.5 Å². The summed E-state index contributed by atoms with van der Waals surface area (Å²) in [5.74, 6) is 1.87. The minimum absolute atomic E-state index is 0.0599. The molecule has 178 valence electrons. The van der Waals surface area contributed by atoms with Gasteiger partial charge >= 0.3 is 7.52 Å². The molecule has 1 aromatic rings. The third-order valence-corrected chi connectivity index (χ3v) is 7.67. The van der Waals surface area contributed by atoms with Crippen molar-refractivity contribution < 1.29 is 27.8 Å². The van der Waals surface area contributed by atoms with Gasteiger partial charge in [0.1, 0.15) is 11.3 Å². The Morgan fingerprint density at radius 2 is 2.12 bits per heavy atom. The quantitative estimate of drug-likeness (QED) is 0.198. The van der Waals surface area contributed by atoms with Crippen LogP contribution in [0.4, 0.5) is 11.4 Å². The average Bonchev–Trinajstić information content (AvgIpc) is 2.98. The SMILES string of the molecule is C#CCCCN1C(=O)C(C2=NP(=O)(OC)c3cc(NS(=O)O)ccc3N2)=C(O)[C@@H]1C(C)(C)C. The fraction of sp³-hybridized carbons (Fsp3) is 0.429. The molecule has 33 heavy (non-hydrogen) atoms. The summed E-state index contributed by atoms with van der Waals surface area (Å²) in [5, 5.41) is 14.2. The first-order chi connectivity index (χ1) is 15.4. The minimum atomic E-state index is -3.86. The number of carbonyl (C=O) groups is 1. The van der Waals surface area contributed by atoms with Gasteiger partial charge in [-0.05, 0) is 30.0 Å². The lowest BCUT2D eigenvalue weighted by atomic mass is 9.85. The van der Waals surface area contributed by atoms with Crippen molar-refractivity contribution in [3.8, 4) is 12.3 Å². The Bertz CT molecular complexity index is 1150. The van der Waals surface area contributed by atoms with Gasteiger partial charge in [-0.25, -0.2) is 4.21 Å². The molecule has 2 unspecified atom stereocenters. The molecule has 0 aliphatic carbocycles. The van der Waals surface area contributed by atoms with E-state index in [1.807, 2.05) is 20.8 Å². The van der Waals surface area contributed by atoms with Crippen molar-refractivity contribution in [2.45, 2.75) is 39.7 Å². The topological polar surface area (TPSA) is 141 Å². The molecule has 2 heterocycles. The van der Waals surface area contributed by atoms with E-state index in [0.717, 1.165) is 0 Å². The molecule has 1 amide bonds. The number of anilines is 2. The van der Waals surface area contributed by atoms with Crippen molar-refractivity contribution in [1.82, 2.24) is 4.90 Å². The first kappa shape index (κ1) is 25.0. The summed E-state index contributed by atoms with van der Waals surface area (Å²) in [6, 6.07) is 3.79. The number of amidine groups is 1. The van der Waals surface area contributed by atoms with E-state index < -0.39 is 36.2 Å². The first-order valence-electron chi connectivity index (χ1n) is 10.2. The molecular weight excluding hydrogens is 467 g/mol. The molecule has 10 nitrogen and oxygen atoms in total. The highest BCUT2D eigenvalue weighted by atomic mass is 32.2. The predicted octanol–water partition coefficient (Wildman–Crippen LogP) is 3.01. The van der Waals surface area contributed by atoms with E-state index in [1.165, 1.54) is 25.3 Å². The van der Waals surface area contributed by atoms with Gasteiger partial charge in [0.05, 0.1) is 17.0 Å². The maximum Gasteiger partial charge on any atom is 0.348 e. The molecule has 0 radical (unpaired) electrons. The van der Waals surface area contributed by atoms with E-state index in [9.17, 15) is 18.7 Å². The number of benzene rings is 1. The Morgan fingerprint density at radius 1 is 1.42 bits per heavy atom. The van der Waals surface area contributed by atoms with Gasteiger partial charge < -0.3 is 19.8 Å². The van der Waals surface area contributed by atoms with Gasteiger partial charge in [-0.3, -0.25) is 18.6 Å². The molecular formula is C21H27N4O6PS. The van der Waals surface area contributed by atoms with Crippen LogP contribution in [-0.2, 0) is 25.1 Å². The molecule has 0 fully saturated rings. The zero-order chi connectivity index (χ0) is 24.6. The highest BCUT2D eigenvalue weighted by molar-refractivity contribution is 7.80. The van der Waals surface area contributed by atoms with Crippen LogP contribution >= 0.6 is 7.52 Å². The summed E-state index contributed by atoms with van der Waals surface area (Å²) in [6.45, 7) is 6.06. The summed E-state index contributed by atoms with van der Waals surface area (Å²) in [6.07, 6.45) is 6.39. The number of nitrogens with one attached hydrogen (secondary N) is 2. The standard InChI is InChI=1S/C21H27N4O6PS/c1-6-7-8-11-25-18(21(2,3)4)17(26)16(20(25)27)19-22-14-10-9-13(24-33(29)30)12-15(14)32(28,23-19)31-5/h1,9-10,12,18,24,26H,7-8,11H2,2-5H3,(H,29,30)(H,22,23,28)/t18-,32?/m1/s1. The molecule has 0 aromatic heterocycles. The Morgan fingerprint density at radius 3 is 2.70 bits per heavy atom. The number of nitrogens with zero attached hydrogens (tertiary/aromatic N) is 2. The smallest absolute Gasteiger partial charge is 0.348 e. The van der Waals surface area contributed by atoms with E-state index >= 15 is 0 Å². The number of terminal acetylenes is 1. The normalized spacial score (nSPS) is 23.5. The second-order valence-electron chi connectivity index (χ2n) is 8.69. The fourth-order valence-corrected chi connectivity index (χ4v) is 5.83. The van der Waals surface area contributed by atoms with Crippen molar-refractivity contribution in [1.29, 1.82) is 0 Å². The van der Waals surface area contributed by atoms with Crippen LogP contribution in [0.3, 0.4) is 0 Å². The molecule has 2 aliphatic heterocycles. The summed E-state index contributed by atoms with van der Waals surface area (Å²) in [7, 11) is -2.64. The van der Waals surface area contributed by atoms with Gasteiger partial charge in [-0.15, -0.1) is 12.3 Å². The van der Waals surface area contributed by atoms with Crippen molar-refractivity contribution in [3.63, 3.8) is 0 Å². The first-order valence-corrected chi connectivity index (χ1v) is 12.8. The van der Waals surface area contributed by atoms with Crippen molar-refractivity contribution in [3.05, 3.63) is 29.5 Å². The molecule has 1 aromatic carbocycles.